The summed E-state index contributed by atoms with van der Waals surface area (Å²) in [5.41, 5.74) is 1.11. The standard InChI is InChI=1S/C26H28N2O6/c1-5-32-23(29)21(27-24(30)34-26(2,3)4)15-19-16-28(22-14-10-9-13-20(19)22)25(31)33-17-18-11-7-6-8-12-18/h6-16H,5,17H2,1-4H3,(H,27,30)/b21-15-. The molecule has 8 nitrogen and oxygen atoms in total. The highest BCUT2D eigenvalue weighted by atomic mass is 16.6. The fraction of sp³-hybridized carbons (Fsp3) is 0.269. The molecule has 0 atom stereocenters. The molecule has 8 heteroatoms. The topological polar surface area (TPSA) is 95.9 Å². The molecule has 0 spiro atoms. The van der Waals surface area contributed by atoms with Crippen LogP contribution in [0.5, 0.6) is 0 Å². The van der Waals surface area contributed by atoms with Gasteiger partial charge in [-0.15, -0.1) is 0 Å². The van der Waals surface area contributed by atoms with Crippen LogP contribution in [0, 0.1) is 0 Å². The average molecular weight is 465 g/mol. The fourth-order valence-electron chi connectivity index (χ4n) is 3.18. The van der Waals surface area contributed by atoms with E-state index >= 15 is 0 Å². The molecule has 0 unspecified atom stereocenters. The van der Waals surface area contributed by atoms with Gasteiger partial charge in [-0.05, 0) is 45.4 Å². The maximum atomic E-state index is 12.8. The number of para-hydroxylation sites is 1. The highest BCUT2D eigenvalue weighted by Gasteiger charge is 2.22. The minimum Gasteiger partial charge on any atom is -0.461 e. The first kappa shape index (κ1) is 24.6. The number of carbonyl (C=O) groups is 3. The van der Waals surface area contributed by atoms with Crippen LogP contribution in [0.4, 0.5) is 9.59 Å². The van der Waals surface area contributed by atoms with Gasteiger partial charge in [0.1, 0.15) is 17.9 Å². The molecule has 0 aliphatic rings. The molecule has 1 aromatic heterocycles. The smallest absolute Gasteiger partial charge is 0.418 e. The maximum Gasteiger partial charge on any atom is 0.418 e. The number of nitrogens with zero attached hydrogens (tertiary/aromatic N) is 1. The molecule has 1 N–H and O–H groups in total. The fourth-order valence-corrected chi connectivity index (χ4v) is 3.18. The quantitative estimate of drug-likeness (QED) is 0.304. The normalized spacial score (nSPS) is 11.7. The number of benzene rings is 2. The molecule has 0 fully saturated rings. The van der Waals surface area contributed by atoms with E-state index < -0.39 is 23.8 Å². The van der Waals surface area contributed by atoms with Crippen LogP contribution in [-0.4, -0.2) is 34.9 Å². The number of rotatable bonds is 6. The van der Waals surface area contributed by atoms with E-state index in [0.717, 1.165) is 5.56 Å². The second-order valence-corrected chi connectivity index (χ2v) is 8.42. The van der Waals surface area contributed by atoms with E-state index in [0.29, 0.717) is 16.5 Å². The number of hydrogen-bond donors (Lipinski definition) is 1. The Bertz CT molecular complexity index is 1210. The summed E-state index contributed by atoms with van der Waals surface area (Å²) in [6.07, 6.45) is 1.63. The molecule has 0 radical (unpaired) electrons. The zero-order valence-electron chi connectivity index (χ0n) is 19.7. The summed E-state index contributed by atoms with van der Waals surface area (Å²) >= 11 is 0. The molecule has 2 aromatic carbocycles. The summed E-state index contributed by atoms with van der Waals surface area (Å²) in [6, 6.07) is 16.5. The molecule has 1 amide bonds. The molecule has 0 aliphatic heterocycles. The van der Waals surface area contributed by atoms with E-state index in [2.05, 4.69) is 5.32 Å². The largest absolute Gasteiger partial charge is 0.461 e. The van der Waals surface area contributed by atoms with Crippen molar-refractivity contribution >= 4 is 35.1 Å². The highest BCUT2D eigenvalue weighted by Crippen LogP contribution is 2.24. The lowest BCUT2D eigenvalue weighted by molar-refractivity contribution is -0.138. The number of hydrogen-bond acceptors (Lipinski definition) is 6. The first-order valence-corrected chi connectivity index (χ1v) is 10.9. The first-order chi connectivity index (χ1) is 16.2. The Morgan fingerprint density at radius 1 is 0.971 bits per heavy atom. The van der Waals surface area contributed by atoms with Crippen molar-refractivity contribution in [3.8, 4) is 0 Å². The summed E-state index contributed by atoms with van der Waals surface area (Å²) < 4.78 is 17.2. The Balaban J connectivity index is 1.93. The molecule has 3 rings (SSSR count). The van der Waals surface area contributed by atoms with Crippen molar-refractivity contribution in [2.75, 3.05) is 6.61 Å². The summed E-state index contributed by atoms with van der Waals surface area (Å²) in [7, 11) is 0. The monoisotopic (exact) mass is 464 g/mol. The van der Waals surface area contributed by atoms with Gasteiger partial charge in [0.2, 0.25) is 0 Å². The minimum atomic E-state index is -0.794. The summed E-state index contributed by atoms with van der Waals surface area (Å²) in [5, 5.41) is 3.14. The van der Waals surface area contributed by atoms with Gasteiger partial charge < -0.3 is 14.2 Å². The minimum absolute atomic E-state index is 0.114. The van der Waals surface area contributed by atoms with Crippen molar-refractivity contribution in [1.82, 2.24) is 9.88 Å². The van der Waals surface area contributed by atoms with Gasteiger partial charge in [-0.1, -0.05) is 48.5 Å². The zero-order valence-corrected chi connectivity index (χ0v) is 19.7. The van der Waals surface area contributed by atoms with E-state index in [1.807, 2.05) is 36.4 Å². The van der Waals surface area contributed by atoms with E-state index in [1.165, 1.54) is 10.6 Å². The number of fused-ring (bicyclic) bond motifs is 1. The van der Waals surface area contributed by atoms with Gasteiger partial charge >= 0.3 is 18.2 Å². The molecule has 34 heavy (non-hydrogen) atoms. The Morgan fingerprint density at radius 3 is 2.32 bits per heavy atom. The van der Waals surface area contributed by atoms with Crippen LogP contribution in [0.25, 0.3) is 17.0 Å². The van der Waals surface area contributed by atoms with Gasteiger partial charge in [0, 0.05) is 17.1 Å². The van der Waals surface area contributed by atoms with Gasteiger partial charge in [-0.3, -0.25) is 9.88 Å². The molecule has 178 valence electrons. The van der Waals surface area contributed by atoms with Crippen LogP contribution in [0.2, 0.25) is 0 Å². The van der Waals surface area contributed by atoms with Gasteiger partial charge in [0.15, 0.2) is 0 Å². The van der Waals surface area contributed by atoms with Crippen LogP contribution >= 0.6 is 0 Å². The summed E-state index contributed by atoms with van der Waals surface area (Å²) in [5.74, 6) is -0.725. The Morgan fingerprint density at radius 2 is 1.65 bits per heavy atom. The number of amides is 1. The van der Waals surface area contributed by atoms with Crippen LogP contribution in [0.1, 0.15) is 38.8 Å². The van der Waals surface area contributed by atoms with Crippen molar-refractivity contribution in [1.29, 1.82) is 0 Å². The highest BCUT2D eigenvalue weighted by molar-refractivity contribution is 6.01. The molecule has 0 saturated carbocycles. The average Bonchev–Trinajstić information content (AvgIpc) is 3.15. The Hall–Kier alpha value is -4.07. The van der Waals surface area contributed by atoms with Gasteiger partial charge in [0.25, 0.3) is 0 Å². The maximum absolute atomic E-state index is 12.8. The van der Waals surface area contributed by atoms with Gasteiger partial charge in [0.05, 0.1) is 12.1 Å². The molecular weight excluding hydrogens is 436 g/mol. The Labute approximate surface area is 198 Å². The lowest BCUT2D eigenvalue weighted by Gasteiger charge is -2.20. The van der Waals surface area contributed by atoms with E-state index in [4.69, 9.17) is 14.2 Å². The molecule has 0 aliphatic carbocycles. The predicted octanol–water partition coefficient (Wildman–Crippen LogP) is 5.25. The van der Waals surface area contributed by atoms with Crippen LogP contribution in [0.3, 0.4) is 0 Å². The second-order valence-electron chi connectivity index (χ2n) is 8.42. The molecule has 3 aromatic rings. The van der Waals surface area contributed by atoms with E-state index in [1.54, 1.807) is 52.1 Å². The molecule has 1 heterocycles. The number of esters is 1. The number of ether oxygens (including phenoxy) is 3. The molecular formula is C26H28N2O6. The van der Waals surface area contributed by atoms with Crippen LogP contribution < -0.4 is 5.32 Å². The first-order valence-electron chi connectivity index (χ1n) is 10.9. The Kier molecular flexibility index (Phi) is 7.73. The van der Waals surface area contributed by atoms with Crippen LogP contribution in [0.15, 0.2) is 66.5 Å². The van der Waals surface area contributed by atoms with E-state index in [-0.39, 0.29) is 18.9 Å². The number of nitrogens with one attached hydrogen (secondary N) is 1. The third-order valence-corrected chi connectivity index (χ3v) is 4.58. The number of carbonyl (C=O) groups excluding carboxylic acids is 3. The van der Waals surface area contributed by atoms with Gasteiger partial charge in [-0.2, -0.15) is 0 Å². The summed E-state index contributed by atoms with van der Waals surface area (Å²) in [6.45, 7) is 7.06. The van der Waals surface area contributed by atoms with Crippen molar-refractivity contribution < 1.29 is 28.6 Å². The van der Waals surface area contributed by atoms with Crippen molar-refractivity contribution in [3.63, 3.8) is 0 Å². The lowest BCUT2D eigenvalue weighted by atomic mass is 10.1. The van der Waals surface area contributed by atoms with Crippen LogP contribution in [-0.2, 0) is 25.6 Å². The third kappa shape index (κ3) is 6.48. The second kappa shape index (κ2) is 10.7. The summed E-state index contributed by atoms with van der Waals surface area (Å²) in [4.78, 5) is 37.7. The lowest BCUT2D eigenvalue weighted by Crippen LogP contribution is -2.34. The SMILES string of the molecule is CCOC(=O)/C(=C/c1cn(C(=O)OCc2ccccc2)c2ccccc12)NC(=O)OC(C)(C)C. The van der Waals surface area contributed by atoms with Crippen molar-refractivity contribution in [3.05, 3.63) is 77.6 Å². The number of aromatic nitrogens is 1. The number of alkyl carbamates (subject to hydrolysis) is 1. The molecule has 0 saturated heterocycles. The molecule has 0 bridgehead atoms. The van der Waals surface area contributed by atoms with E-state index in [9.17, 15) is 14.4 Å². The van der Waals surface area contributed by atoms with Crippen molar-refractivity contribution in [2.45, 2.75) is 39.9 Å². The van der Waals surface area contributed by atoms with Gasteiger partial charge in [-0.25, -0.2) is 14.4 Å². The predicted molar refractivity (Wildman–Crippen MR) is 128 cm³/mol. The zero-order chi connectivity index (χ0) is 24.7. The third-order valence-electron chi connectivity index (χ3n) is 4.58. The van der Waals surface area contributed by atoms with Crippen molar-refractivity contribution in [2.24, 2.45) is 0 Å².